The van der Waals surface area contributed by atoms with E-state index in [4.69, 9.17) is 0 Å². The van der Waals surface area contributed by atoms with Gasteiger partial charge in [-0.1, -0.05) is 28.1 Å². The van der Waals surface area contributed by atoms with Crippen molar-refractivity contribution in [2.24, 2.45) is 0 Å². The van der Waals surface area contributed by atoms with E-state index in [-0.39, 0.29) is 5.56 Å². The van der Waals surface area contributed by atoms with Crippen molar-refractivity contribution in [3.63, 3.8) is 0 Å². The van der Waals surface area contributed by atoms with Crippen LogP contribution in [0.1, 0.15) is 5.56 Å². The van der Waals surface area contributed by atoms with Crippen molar-refractivity contribution in [1.29, 1.82) is 0 Å². The van der Waals surface area contributed by atoms with Crippen LogP contribution in [0.3, 0.4) is 0 Å². The van der Waals surface area contributed by atoms with Crippen LogP contribution in [0, 0.1) is 5.82 Å². The number of hydrogen-bond donors (Lipinski definition) is 0. The van der Waals surface area contributed by atoms with Crippen molar-refractivity contribution < 1.29 is 4.39 Å². The maximum atomic E-state index is 12.9. The molecule has 0 atom stereocenters. The van der Waals surface area contributed by atoms with Gasteiger partial charge in [0.1, 0.15) is 5.82 Å². The minimum atomic E-state index is -0.406. The van der Waals surface area contributed by atoms with Crippen molar-refractivity contribution in [3.8, 4) is 0 Å². The van der Waals surface area contributed by atoms with Crippen LogP contribution in [0.4, 0.5) is 4.39 Å². The summed E-state index contributed by atoms with van der Waals surface area (Å²) in [5.41, 5.74) is 0.750. The third-order valence-corrected chi connectivity index (χ3v) is 2.74. The molecule has 82 valence electrons. The lowest BCUT2D eigenvalue weighted by molar-refractivity contribution is 0.595. The summed E-state index contributed by atoms with van der Waals surface area (Å²) in [6.07, 6.45) is 1.21. The fraction of sp³-hybridized carbons (Fsp3) is 0.0833. The van der Waals surface area contributed by atoms with Crippen molar-refractivity contribution in [1.82, 2.24) is 4.57 Å². The Morgan fingerprint density at radius 2 is 1.81 bits per heavy atom. The number of nitrogens with zero attached hydrogens (tertiary/aromatic N) is 1. The predicted molar refractivity (Wildman–Crippen MR) is 63.9 cm³/mol. The number of pyridine rings is 1. The Morgan fingerprint density at radius 3 is 2.50 bits per heavy atom. The lowest BCUT2D eigenvalue weighted by Gasteiger charge is -2.05. The third-order valence-electron chi connectivity index (χ3n) is 2.21. The molecule has 0 amide bonds. The van der Waals surface area contributed by atoms with E-state index in [1.807, 2.05) is 24.3 Å². The molecule has 0 bridgehead atoms. The van der Waals surface area contributed by atoms with Gasteiger partial charge < -0.3 is 4.57 Å². The van der Waals surface area contributed by atoms with Gasteiger partial charge in [-0.25, -0.2) is 4.39 Å². The first-order chi connectivity index (χ1) is 7.65. The van der Waals surface area contributed by atoms with Gasteiger partial charge in [-0.05, 0) is 23.8 Å². The minimum Gasteiger partial charge on any atom is -0.308 e. The van der Waals surface area contributed by atoms with E-state index < -0.39 is 5.82 Å². The van der Waals surface area contributed by atoms with Gasteiger partial charge in [-0.2, -0.15) is 0 Å². The average Bonchev–Trinajstić information content (AvgIpc) is 2.27. The Hall–Kier alpha value is -1.42. The smallest absolute Gasteiger partial charge is 0.251 e. The molecule has 0 spiro atoms. The molecule has 1 heterocycles. The minimum absolute atomic E-state index is 0.204. The van der Waals surface area contributed by atoms with Gasteiger partial charge in [-0.15, -0.1) is 0 Å². The molecule has 2 nitrogen and oxygen atoms in total. The quantitative estimate of drug-likeness (QED) is 0.830. The molecule has 0 fully saturated rings. The third kappa shape index (κ3) is 2.58. The van der Waals surface area contributed by atoms with Gasteiger partial charge in [0.15, 0.2) is 0 Å². The Bertz CT molecular complexity index is 548. The van der Waals surface area contributed by atoms with E-state index in [2.05, 4.69) is 15.9 Å². The highest BCUT2D eigenvalue weighted by molar-refractivity contribution is 9.10. The van der Waals surface area contributed by atoms with Crippen molar-refractivity contribution in [2.45, 2.75) is 6.54 Å². The molecule has 0 aliphatic rings. The molecule has 0 saturated carbocycles. The monoisotopic (exact) mass is 281 g/mol. The molecule has 0 saturated heterocycles. The molecular weight excluding hydrogens is 273 g/mol. The second-order valence-electron chi connectivity index (χ2n) is 3.44. The Balaban J connectivity index is 2.30. The molecule has 0 aliphatic carbocycles. The molecule has 2 aromatic rings. The second-order valence-corrected chi connectivity index (χ2v) is 4.36. The molecule has 16 heavy (non-hydrogen) atoms. The average molecular weight is 282 g/mol. The highest BCUT2D eigenvalue weighted by Gasteiger charge is 1.99. The van der Waals surface area contributed by atoms with Crippen molar-refractivity contribution >= 4 is 15.9 Å². The number of halogens is 2. The summed E-state index contributed by atoms with van der Waals surface area (Å²) >= 11 is 3.33. The normalized spacial score (nSPS) is 10.4. The molecule has 1 aromatic carbocycles. The molecular formula is C12H9BrFNO. The summed E-state index contributed by atoms with van der Waals surface area (Å²) in [4.78, 5) is 11.4. The summed E-state index contributed by atoms with van der Waals surface area (Å²) in [7, 11) is 0. The van der Waals surface area contributed by atoms with Gasteiger partial charge in [0, 0.05) is 16.7 Å². The molecule has 4 heteroatoms. The molecule has 0 unspecified atom stereocenters. The summed E-state index contributed by atoms with van der Waals surface area (Å²) in [5, 5.41) is 0. The summed E-state index contributed by atoms with van der Waals surface area (Å²) in [6, 6.07) is 9.96. The second kappa shape index (κ2) is 4.61. The van der Waals surface area contributed by atoms with Crippen molar-refractivity contribution in [3.05, 3.63) is 68.8 Å². The zero-order valence-corrected chi connectivity index (χ0v) is 9.95. The first-order valence-electron chi connectivity index (χ1n) is 4.75. The van der Waals surface area contributed by atoms with Crippen LogP contribution in [0.25, 0.3) is 0 Å². The largest absolute Gasteiger partial charge is 0.308 e. The highest BCUT2D eigenvalue weighted by Crippen LogP contribution is 2.11. The van der Waals surface area contributed by atoms with E-state index >= 15 is 0 Å². The Kier molecular flexibility index (Phi) is 3.19. The predicted octanol–water partition coefficient (Wildman–Crippen LogP) is 2.80. The topological polar surface area (TPSA) is 22.0 Å². The van der Waals surface area contributed by atoms with Gasteiger partial charge in [0.2, 0.25) is 0 Å². The van der Waals surface area contributed by atoms with Crippen LogP contribution in [0.5, 0.6) is 0 Å². The lowest BCUT2D eigenvalue weighted by atomic mass is 10.2. The van der Waals surface area contributed by atoms with E-state index in [1.54, 1.807) is 0 Å². The lowest BCUT2D eigenvalue weighted by Crippen LogP contribution is -2.19. The maximum absolute atomic E-state index is 12.9. The first kappa shape index (κ1) is 11.1. The fourth-order valence-corrected chi connectivity index (χ4v) is 1.68. The zero-order chi connectivity index (χ0) is 11.5. The van der Waals surface area contributed by atoms with E-state index in [1.165, 1.54) is 22.9 Å². The standard InChI is InChI=1S/C12H9BrFNO/c13-10-3-1-9(2-4-10)7-15-8-11(14)5-6-12(15)16/h1-6,8H,7H2. The van der Waals surface area contributed by atoms with E-state index in [0.29, 0.717) is 6.54 Å². The van der Waals surface area contributed by atoms with Gasteiger partial charge >= 0.3 is 0 Å². The molecule has 0 N–H and O–H groups in total. The molecule has 2 rings (SSSR count). The van der Waals surface area contributed by atoms with Gasteiger partial charge in [-0.3, -0.25) is 4.79 Å². The molecule has 1 aromatic heterocycles. The van der Waals surface area contributed by atoms with Crippen LogP contribution < -0.4 is 5.56 Å². The number of aromatic nitrogens is 1. The van der Waals surface area contributed by atoms with E-state index in [9.17, 15) is 9.18 Å². The highest BCUT2D eigenvalue weighted by atomic mass is 79.9. The Labute approximate surface area is 100 Å². The van der Waals surface area contributed by atoms with E-state index in [0.717, 1.165) is 10.0 Å². The zero-order valence-electron chi connectivity index (χ0n) is 8.36. The molecule has 0 radical (unpaired) electrons. The summed E-state index contributed by atoms with van der Waals surface area (Å²) < 4.78 is 15.3. The van der Waals surface area contributed by atoms with Gasteiger partial charge in [0.25, 0.3) is 5.56 Å². The maximum Gasteiger partial charge on any atom is 0.251 e. The van der Waals surface area contributed by atoms with Crippen LogP contribution in [0.2, 0.25) is 0 Å². The summed E-state index contributed by atoms with van der Waals surface area (Å²) in [5.74, 6) is -0.406. The van der Waals surface area contributed by atoms with Crippen LogP contribution in [-0.2, 0) is 6.54 Å². The number of benzene rings is 1. The van der Waals surface area contributed by atoms with Gasteiger partial charge in [0.05, 0.1) is 6.54 Å². The van der Waals surface area contributed by atoms with Crippen molar-refractivity contribution in [2.75, 3.05) is 0 Å². The number of hydrogen-bond acceptors (Lipinski definition) is 1. The Morgan fingerprint density at radius 1 is 1.12 bits per heavy atom. The summed E-state index contributed by atoms with van der Waals surface area (Å²) in [6.45, 7) is 0.379. The SMILES string of the molecule is O=c1ccc(F)cn1Cc1ccc(Br)cc1. The number of rotatable bonds is 2. The van der Waals surface area contributed by atoms with Crippen LogP contribution in [0.15, 0.2) is 51.9 Å². The fourth-order valence-electron chi connectivity index (χ4n) is 1.41. The first-order valence-corrected chi connectivity index (χ1v) is 5.55. The van der Waals surface area contributed by atoms with Crippen LogP contribution in [-0.4, -0.2) is 4.57 Å². The van der Waals surface area contributed by atoms with Crippen LogP contribution >= 0.6 is 15.9 Å². The molecule has 0 aliphatic heterocycles.